The van der Waals surface area contributed by atoms with E-state index in [1.807, 2.05) is 0 Å². The molecule has 19 heavy (non-hydrogen) atoms. The van der Waals surface area contributed by atoms with Gasteiger partial charge in [-0.2, -0.15) is 0 Å². The zero-order valence-corrected chi connectivity index (χ0v) is 12.6. The van der Waals surface area contributed by atoms with E-state index in [1.165, 1.54) is 19.3 Å². The van der Waals surface area contributed by atoms with E-state index >= 15 is 0 Å². The lowest BCUT2D eigenvalue weighted by Gasteiger charge is -2.35. The maximum Gasteiger partial charge on any atom is 0.203 e. The summed E-state index contributed by atoms with van der Waals surface area (Å²) >= 11 is 0. The number of aromatic nitrogens is 2. The summed E-state index contributed by atoms with van der Waals surface area (Å²) in [5.74, 6) is 2.51. The van der Waals surface area contributed by atoms with Gasteiger partial charge in [0.15, 0.2) is 0 Å². The van der Waals surface area contributed by atoms with E-state index in [2.05, 4.69) is 41.8 Å². The third-order valence-corrected chi connectivity index (χ3v) is 4.46. The summed E-state index contributed by atoms with van der Waals surface area (Å²) in [7, 11) is 1.73. The van der Waals surface area contributed by atoms with E-state index in [-0.39, 0.29) is 0 Å². The molecule has 0 aromatic carbocycles. The molecule has 0 saturated heterocycles. The van der Waals surface area contributed by atoms with Crippen LogP contribution in [0.4, 0.5) is 5.95 Å². The molecule has 108 valence electrons. The van der Waals surface area contributed by atoms with Gasteiger partial charge in [0.25, 0.3) is 0 Å². The van der Waals surface area contributed by atoms with Gasteiger partial charge in [-0.1, -0.05) is 26.7 Å². The summed E-state index contributed by atoms with van der Waals surface area (Å²) in [6.45, 7) is 8.34. The molecular weight excluding hydrogens is 238 g/mol. The smallest absolute Gasteiger partial charge is 0.203 e. The van der Waals surface area contributed by atoms with Crippen molar-refractivity contribution in [3.63, 3.8) is 0 Å². The SMILES string of the molecule is COCCNc1nc(C)cn1C1CCCC(C)C1C. The van der Waals surface area contributed by atoms with Gasteiger partial charge in [0.1, 0.15) is 0 Å². The summed E-state index contributed by atoms with van der Waals surface area (Å²) in [6, 6.07) is 0.579. The molecule has 0 amide bonds. The highest BCUT2D eigenvalue weighted by atomic mass is 16.5. The lowest BCUT2D eigenvalue weighted by molar-refractivity contribution is 0.187. The molecule has 4 nitrogen and oxygen atoms in total. The standard InChI is InChI=1S/C15H27N3O/c1-11-6-5-7-14(13(11)3)18-10-12(2)17-15(18)16-8-9-19-4/h10-11,13-14H,5-9H2,1-4H3,(H,16,17). The van der Waals surface area contributed by atoms with Crippen molar-refractivity contribution in [2.75, 3.05) is 25.6 Å². The van der Waals surface area contributed by atoms with Crippen molar-refractivity contribution in [3.05, 3.63) is 11.9 Å². The summed E-state index contributed by atoms with van der Waals surface area (Å²) < 4.78 is 7.45. The van der Waals surface area contributed by atoms with E-state index in [1.54, 1.807) is 7.11 Å². The number of ether oxygens (including phenoxy) is 1. The first-order chi connectivity index (χ1) is 9.13. The fourth-order valence-electron chi connectivity index (χ4n) is 3.11. The van der Waals surface area contributed by atoms with Crippen LogP contribution >= 0.6 is 0 Å². The Morgan fingerprint density at radius 2 is 2.21 bits per heavy atom. The van der Waals surface area contributed by atoms with Gasteiger partial charge in [0.05, 0.1) is 12.3 Å². The average Bonchev–Trinajstić information content (AvgIpc) is 2.74. The predicted octanol–water partition coefficient (Wildman–Crippen LogP) is 3.25. The molecule has 1 heterocycles. The summed E-state index contributed by atoms with van der Waals surface area (Å²) in [5, 5.41) is 3.39. The number of anilines is 1. The Morgan fingerprint density at radius 3 is 2.95 bits per heavy atom. The molecule has 1 N–H and O–H groups in total. The predicted molar refractivity (Wildman–Crippen MR) is 78.5 cm³/mol. The van der Waals surface area contributed by atoms with Crippen LogP contribution in [-0.4, -0.2) is 29.8 Å². The Morgan fingerprint density at radius 1 is 1.42 bits per heavy atom. The maximum absolute atomic E-state index is 5.09. The average molecular weight is 265 g/mol. The summed E-state index contributed by atoms with van der Waals surface area (Å²) in [5.41, 5.74) is 1.09. The van der Waals surface area contributed by atoms with Crippen LogP contribution in [-0.2, 0) is 4.74 Å². The summed E-state index contributed by atoms with van der Waals surface area (Å²) in [4.78, 5) is 4.61. The van der Waals surface area contributed by atoms with Gasteiger partial charge in [-0.25, -0.2) is 4.98 Å². The molecule has 0 radical (unpaired) electrons. The van der Waals surface area contributed by atoms with Gasteiger partial charge in [-0.05, 0) is 25.2 Å². The van der Waals surface area contributed by atoms with Crippen molar-refractivity contribution in [1.82, 2.24) is 9.55 Å². The second-order valence-corrected chi connectivity index (χ2v) is 5.87. The molecule has 1 aromatic heterocycles. The first-order valence-corrected chi connectivity index (χ1v) is 7.41. The maximum atomic E-state index is 5.09. The van der Waals surface area contributed by atoms with Gasteiger partial charge < -0.3 is 14.6 Å². The fourth-order valence-corrected chi connectivity index (χ4v) is 3.11. The van der Waals surface area contributed by atoms with E-state index in [0.29, 0.717) is 18.6 Å². The number of hydrogen-bond acceptors (Lipinski definition) is 3. The van der Waals surface area contributed by atoms with Crippen LogP contribution in [0.1, 0.15) is 44.8 Å². The number of imidazole rings is 1. The quantitative estimate of drug-likeness (QED) is 0.831. The Labute approximate surface area is 116 Å². The first kappa shape index (κ1) is 14.4. The van der Waals surface area contributed by atoms with Gasteiger partial charge >= 0.3 is 0 Å². The molecule has 2 rings (SSSR count). The number of nitrogens with zero attached hydrogens (tertiary/aromatic N) is 2. The number of methoxy groups -OCH3 is 1. The van der Waals surface area contributed by atoms with Crippen molar-refractivity contribution in [1.29, 1.82) is 0 Å². The number of aryl methyl sites for hydroxylation is 1. The highest BCUT2D eigenvalue weighted by molar-refractivity contribution is 5.29. The van der Waals surface area contributed by atoms with Crippen molar-refractivity contribution >= 4 is 5.95 Å². The van der Waals surface area contributed by atoms with E-state index in [0.717, 1.165) is 24.1 Å². The fraction of sp³-hybridized carbons (Fsp3) is 0.800. The Balaban J connectivity index is 2.13. The molecule has 1 aromatic rings. The van der Waals surface area contributed by atoms with Gasteiger partial charge in [0.2, 0.25) is 5.95 Å². The molecule has 1 fully saturated rings. The molecule has 0 aliphatic heterocycles. The molecular formula is C15H27N3O. The van der Waals surface area contributed by atoms with Crippen LogP contribution in [0, 0.1) is 18.8 Å². The van der Waals surface area contributed by atoms with Crippen LogP contribution in [0.3, 0.4) is 0 Å². The van der Waals surface area contributed by atoms with E-state index in [4.69, 9.17) is 4.74 Å². The Kier molecular flexibility index (Phi) is 4.86. The highest BCUT2D eigenvalue weighted by Crippen LogP contribution is 2.39. The van der Waals surface area contributed by atoms with Crippen molar-refractivity contribution in [3.8, 4) is 0 Å². The van der Waals surface area contributed by atoms with Crippen molar-refractivity contribution in [2.24, 2.45) is 11.8 Å². The number of rotatable bonds is 5. The van der Waals surface area contributed by atoms with Gasteiger partial charge in [0, 0.05) is 25.9 Å². The second-order valence-electron chi connectivity index (χ2n) is 5.87. The van der Waals surface area contributed by atoms with Gasteiger partial charge in [-0.3, -0.25) is 0 Å². The van der Waals surface area contributed by atoms with Crippen molar-refractivity contribution in [2.45, 2.75) is 46.1 Å². The van der Waals surface area contributed by atoms with E-state index < -0.39 is 0 Å². The largest absolute Gasteiger partial charge is 0.383 e. The third kappa shape index (κ3) is 3.30. The first-order valence-electron chi connectivity index (χ1n) is 7.41. The molecule has 0 spiro atoms. The molecule has 0 bridgehead atoms. The zero-order chi connectivity index (χ0) is 13.8. The second kappa shape index (κ2) is 6.42. The third-order valence-electron chi connectivity index (χ3n) is 4.46. The minimum Gasteiger partial charge on any atom is -0.383 e. The monoisotopic (exact) mass is 265 g/mol. The molecule has 1 saturated carbocycles. The topological polar surface area (TPSA) is 39.1 Å². The number of hydrogen-bond donors (Lipinski definition) is 1. The van der Waals surface area contributed by atoms with Crippen LogP contribution in [0.15, 0.2) is 6.20 Å². The summed E-state index contributed by atoms with van der Waals surface area (Å²) in [6.07, 6.45) is 6.14. The minimum atomic E-state index is 0.579. The zero-order valence-electron chi connectivity index (χ0n) is 12.6. The Bertz CT molecular complexity index is 402. The molecule has 4 heteroatoms. The number of nitrogens with one attached hydrogen (secondary N) is 1. The molecule has 3 unspecified atom stereocenters. The normalized spacial score (nSPS) is 27.5. The highest BCUT2D eigenvalue weighted by Gasteiger charge is 2.29. The molecule has 1 aliphatic carbocycles. The lowest BCUT2D eigenvalue weighted by atomic mass is 9.78. The van der Waals surface area contributed by atoms with Gasteiger partial charge in [-0.15, -0.1) is 0 Å². The van der Waals surface area contributed by atoms with Crippen LogP contribution in [0.25, 0.3) is 0 Å². The van der Waals surface area contributed by atoms with Crippen LogP contribution in [0.5, 0.6) is 0 Å². The Hall–Kier alpha value is -1.03. The lowest BCUT2D eigenvalue weighted by Crippen LogP contribution is -2.28. The van der Waals surface area contributed by atoms with Crippen LogP contribution in [0.2, 0.25) is 0 Å². The van der Waals surface area contributed by atoms with E-state index in [9.17, 15) is 0 Å². The molecule has 1 aliphatic rings. The van der Waals surface area contributed by atoms with Crippen LogP contribution < -0.4 is 5.32 Å². The van der Waals surface area contributed by atoms with Crippen molar-refractivity contribution < 1.29 is 4.74 Å². The molecule has 3 atom stereocenters. The minimum absolute atomic E-state index is 0.579.